The number of carboxylic acids is 1. The Hall–Kier alpha value is -3.53. The molecule has 0 aliphatic carbocycles. The summed E-state index contributed by atoms with van der Waals surface area (Å²) in [5.41, 5.74) is 0.343. The largest absolute Gasteiger partial charge is 0.480 e. The number of benzene rings is 2. The van der Waals surface area contributed by atoms with E-state index in [4.69, 9.17) is 5.11 Å². The molecule has 0 fully saturated rings. The zero-order chi connectivity index (χ0) is 20.6. The molecule has 2 aromatic rings. The summed E-state index contributed by atoms with van der Waals surface area (Å²) in [6, 6.07) is 8.67. The molecule has 3 rings (SSSR count). The standard InChI is InChI=1S/C18H13NO8S/c1-27-18(24)10-2-7-13-14(8-10)17(23)19(16(13)22)11-3-5-12(6-4-11)28(25,26)9-15(20)21/h2-8H,9H2,1H3,(H,20,21). The summed E-state index contributed by atoms with van der Waals surface area (Å²) in [5.74, 6) is -4.53. The second kappa shape index (κ2) is 6.89. The molecule has 1 aliphatic heterocycles. The van der Waals surface area contributed by atoms with Gasteiger partial charge < -0.3 is 9.84 Å². The van der Waals surface area contributed by atoms with Crippen molar-refractivity contribution in [3.05, 3.63) is 59.2 Å². The van der Waals surface area contributed by atoms with Gasteiger partial charge in [0.25, 0.3) is 11.8 Å². The maximum Gasteiger partial charge on any atom is 0.337 e. The summed E-state index contributed by atoms with van der Waals surface area (Å²) >= 11 is 0. The van der Waals surface area contributed by atoms with Gasteiger partial charge in [-0.3, -0.25) is 14.4 Å². The number of hydrogen-bond donors (Lipinski definition) is 1. The molecule has 9 nitrogen and oxygen atoms in total. The molecule has 0 unspecified atom stereocenters. The average Bonchev–Trinajstić information content (AvgIpc) is 2.90. The Morgan fingerprint density at radius 2 is 1.61 bits per heavy atom. The molecule has 10 heteroatoms. The van der Waals surface area contributed by atoms with Gasteiger partial charge in [0.1, 0.15) is 0 Å². The number of fused-ring (bicyclic) bond motifs is 1. The second-order valence-corrected chi connectivity index (χ2v) is 7.83. The van der Waals surface area contributed by atoms with E-state index in [1.54, 1.807) is 0 Å². The highest BCUT2D eigenvalue weighted by molar-refractivity contribution is 7.92. The molecule has 1 aliphatic rings. The van der Waals surface area contributed by atoms with Crippen LogP contribution in [-0.2, 0) is 19.4 Å². The Labute approximate surface area is 159 Å². The van der Waals surface area contributed by atoms with Gasteiger partial charge >= 0.3 is 11.9 Å². The highest BCUT2D eigenvalue weighted by atomic mass is 32.2. The highest BCUT2D eigenvalue weighted by Crippen LogP contribution is 2.30. The number of imide groups is 1. The van der Waals surface area contributed by atoms with E-state index in [1.165, 1.54) is 37.4 Å². The minimum absolute atomic E-state index is 0.0236. The lowest BCUT2D eigenvalue weighted by Crippen LogP contribution is -2.29. The van der Waals surface area contributed by atoms with Gasteiger partial charge in [-0.05, 0) is 42.5 Å². The first kappa shape index (κ1) is 19.2. The number of carbonyl (C=O) groups is 4. The molecule has 0 radical (unpaired) electrons. The average molecular weight is 403 g/mol. The van der Waals surface area contributed by atoms with Crippen molar-refractivity contribution < 1.29 is 37.4 Å². The molecule has 144 valence electrons. The summed E-state index contributed by atoms with van der Waals surface area (Å²) in [6.07, 6.45) is 0. The van der Waals surface area contributed by atoms with Crippen molar-refractivity contribution in [2.24, 2.45) is 0 Å². The Balaban J connectivity index is 1.94. The van der Waals surface area contributed by atoms with Crippen LogP contribution >= 0.6 is 0 Å². The number of ether oxygens (including phenoxy) is 1. The molecule has 0 saturated carbocycles. The number of hydrogen-bond acceptors (Lipinski definition) is 7. The zero-order valence-corrected chi connectivity index (χ0v) is 15.2. The maximum absolute atomic E-state index is 12.7. The monoisotopic (exact) mass is 403 g/mol. The van der Waals surface area contributed by atoms with Gasteiger partial charge in [0, 0.05) is 0 Å². The number of amides is 2. The molecule has 0 spiro atoms. The van der Waals surface area contributed by atoms with Crippen LogP contribution in [0.1, 0.15) is 31.1 Å². The lowest BCUT2D eigenvalue weighted by atomic mass is 10.1. The number of esters is 1. The van der Waals surface area contributed by atoms with Crippen LogP contribution in [0.15, 0.2) is 47.4 Å². The van der Waals surface area contributed by atoms with Gasteiger partial charge in [-0.25, -0.2) is 18.1 Å². The van der Waals surface area contributed by atoms with Crippen molar-refractivity contribution in [3.63, 3.8) is 0 Å². The van der Waals surface area contributed by atoms with E-state index in [9.17, 15) is 27.6 Å². The summed E-state index contributed by atoms with van der Waals surface area (Å²) in [4.78, 5) is 48.1. The van der Waals surface area contributed by atoms with E-state index in [0.29, 0.717) is 0 Å². The minimum atomic E-state index is -4.04. The van der Waals surface area contributed by atoms with E-state index in [0.717, 1.165) is 17.0 Å². The van der Waals surface area contributed by atoms with Crippen LogP contribution in [0.4, 0.5) is 5.69 Å². The number of nitrogens with zero attached hydrogens (tertiary/aromatic N) is 1. The fourth-order valence-corrected chi connectivity index (χ4v) is 3.81. The fourth-order valence-electron chi connectivity index (χ4n) is 2.77. The Kier molecular flexibility index (Phi) is 4.73. The van der Waals surface area contributed by atoms with Crippen molar-refractivity contribution in [2.45, 2.75) is 4.90 Å². The zero-order valence-electron chi connectivity index (χ0n) is 14.4. The number of methoxy groups -OCH3 is 1. The first-order valence-electron chi connectivity index (χ1n) is 7.81. The van der Waals surface area contributed by atoms with Crippen LogP contribution in [0, 0.1) is 0 Å². The lowest BCUT2D eigenvalue weighted by Gasteiger charge is -2.14. The third kappa shape index (κ3) is 3.25. The van der Waals surface area contributed by atoms with E-state index in [-0.39, 0.29) is 27.3 Å². The number of sulfone groups is 1. The highest BCUT2D eigenvalue weighted by Gasteiger charge is 2.37. The van der Waals surface area contributed by atoms with E-state index in [1.807, 2.05) is 0 Å². The number of anilines is 1. The van der Waals surface area contributed by atoms with Crippen molar-refractivity contribution in [1.29, 1.82) is 0 Å². The van der Waals surface area contributed by atoms with Gasteiger partial charge in [0.15, 0.2) is 15.6 Å². The molecule has 2 aromatic carbocycles. The van der Waals surface area contributed by atoms with Gasteiger partial charge in [-0.1, -0.05) is 0 Å². The molecule has 1 heterocycles. The third-order valence-electron chi connectivity index (χ3n) is 4.08. The number of carboxylic acid groups (broad SMARTS) is 1. The summed E-state index contributed by atoms with van der Waals surface area (Å²) < 4.78 is 28.5. The van der Waals surface area contributed by atoms with E-state index >= 15 is 0 Å². The van der Waals surface area contributed by atoms with E-state index < -0.39 is 39.3 Å². The smallest absolute Gasteiger partial charge is 0.337 e. The van der Waals surface area contributed by atoms with Crippen molar-refractivity contribution in [2.75, 3.05) is 17.8 Å². The fraction of sp³-hybridized carbons (Fsp3) is 0.111. The quantitative estimate of drug-likeness (QED) is 0.580. The van der Waals surface area contributed by atoms with Crippen molar-refractivity contribution >= 4 is 39.3 Å². The Bertz CT molecular complexity index is 1120. The van der Waals surface area contributed by atoms with Crippen LogP contribution in [-0.4, -0.2) is 50.1 Å². The van der Waals surface area contributed by atoms with Crippen molar-refractivity contribution in [3.8, 4) is 0 Å². The summed E-state index contributed by atoms with van der Waals surface area (Å²) in [7, 11) is -2.85. The molecule has 2 amide bonds. The molecule has 0 bridgehead atoms. The van der Waals surface area contributed by atoms with Crippen LogP contribution in [0.3, 0.4) is 0 Å². The summed E-state index contributed by atoms with van der Waals surface area (Å²) in [6.45, 7) is 0. The van der Waals surface area contributed by atoms with Gasteiger partial charge in [0.05, 0.1) is 34.4 Å². The van der Waals surface area contributed by atoms with Crippen LogP contribution in [0.25, 0.3) is 0 Å². The number of rotatable bonds is 5. The first-order valence-corrected chi connectivity index (χ1v) is 9.46. The second-order valence-electron chi connectivity index (χ2n) is 5.84. The molecule has 0 saturated heterocycles. The van der Waals surface area contributed by atoms with Gasteiger partial charge in [-0.15, -0.1) is 0 Å². The summed E-state index contributed by atoms with van der Waals surface area (Å²) in [5, 5.41) is 8.68. The van der Waals surface area contributed by atoms with Crippen LogP contribution in [0.2, 0.25) is 0 Å². The molecular weight excluding hydrogens is 390 g/mol. The Morgan fingerprint density at radius 3 is 2.18 bits per heavy atom. The number of carbonyl (C=O) groups excluding carboxylic acids is 3. The molecular formula is C18H13NO8S. The molecule has 1 N–H and O–H groups in total. The predicted molar refractivity (Wildman–Crippen MR) is 95.1 cm³/mol. The van der Waals surface area contributed by atoms with Crippen molar-refractivity contribution in [1.82, 2.24) is 0 Å². The van der Waals surface area contributed by atoms with E-state index in [2.05, 4.69) is 4.74 Å². The minimum Gasteiger partial charge on any atom is -0.480 e. The lowest BCUT2D eigenvalue weighted by molar-refractivity contribution is -0.134. The van der Waals surface area contributed by atoms with Gasteiger partial charge in [-0.2, -0.15) is 0 Å². The molecule has 0 aromatic heterocycles. The molecule has 28 heavy (non-hydrogen) atoms. The van der Waals surface area contributed by atoms with Crippen LogP contribution in [0.5, 0.6) is 0 Å². The molecule has 0 atom stereocenters. The SMILES string of the molecule is COC(=O)c1ccc2c(c1)C(=O)N(c1ccc(S(=O)(=O)CC(=O)O)cc1)C2=O. The normalized spacial score (nSPS) is 13.4. The first-order chi connectivity index (χ1) is 13.2. The topological polar surface area (TPSA) is 135 Å². The van der Waals surface area contributed by atoms with Gasteiger partial charge in [0.2, 0.25) is 0 Å². The predicted octanol–water partition coefficient (Wildman–Crippen LogP) is 1.13. The number of aliphatic carboxylic acids is 1. The maximum atomic E-state index is 12.7. The van der Waals surface area contributed by atoms with Crippen LogP contribution < -0.4 is 4.90 Å². The Morgan fingerprint density at radius 1 is 1.00 bits per heavy atom. The third-order valence-corrected chi connectivity index (χ3v) is 5.69.